The number of carbonyl (C=O) groups is 2. The Morgan fingerprint density at radius 1 is 1.09 bits per heavy atom. The number of carbonyl (C=O) groups excluding carboxylic acids is 2. The van der Waals surface area contributed by atoms with Crippen LogP contribution in [-0.2, 0) is 16.0 Å². The van der Waals surface area contributed by atoms with Gasteiger partial charge in [-0.2, -0.15) is 0 Å². The van der Waals surface area contributed by atoms with Crippen molar-refractivity contribution in [2.75, 3.05) is 43.5 Å². The molecule has 1 saturated heterocycles. The number of amides is 2. The van der Waals surface area contributed by atoms with Crippen LogP contribution in [0.15, 0.2) is 42.7 Å². The highest BCUT2D eigenvalue weighted by Gasteiger charge is 2.19. The molecular weight excluding hydrogens is 453 g/mol. The molecule has 1 aliphatic rings. The molecule has 0 unspecified atom stereocenters. The van der Waals surface area contributed by atoms with Crippen molar-refractivity contribution in [3.63, 3.8) is 0 Å². The summed E-state index contributed by atoms with van der Waals surface area (Å²) in [4.78, 5) is 31.9. The molecule has 1 aromatic carbocycles. The second-order valence-corrected chi connectivity index (χ2v) is 9.37. The monoisotopic (exact) mass is 483 g/mol. The van der Waals surface area contributed by atoms with Gasteiger partial charge in [0.1, 0.15) is 17.1 Å². The molecule has 3 aromatic rings. The third-order valence-electron chi connectivity index (χ3n) is 5.49. The van der Waals surface area contributed by atoms with Crippen molar-refractivity contribution < 1.29 is 23.5 Å². The lowest BCUT2D eigenvalue weighted by Gasteiger charge is -2.26. The van der Waals surface area contributed by atoms with Crippen LogP contribution in [0.4, 0.5) is 20.6 Å². The van der Waals surface area contributed by atoms with E-state index in [9.17, 15) is 14.0 Å². The number of benzene rings is 1. The molecule has 4 rings (SSSR count). The van der Waals surface area contributed by atoms with Crippen LogP contribution in [0.3, 0.4) is 0 Å². The quantitative estimate of drug-likeness (QED) is 0.548. The molecular formula is C25H30FN5O4. The lowest BCUT2D eigenvalue weighted by molar-refractivity contribution is 0.0365. The summed E-state index contributed by atoms with van der Waals surface area (Å²) in [5.74, 6) is -0.991. The van der Waals surface area contributed by atoms with Crippen LogP contribution in [-0.4, -0.2) is 64.9 Å². The first-order chi connectivity index (χ1) is 16.7. The summed E-state index contributed by atoms with van der Waals surface area (Å²) in [5.41, 5.74) is 0.752. The van der Waals surface area contributed by atoms with Crippen LogP contribution in [0.1, 0.15) is 31.1 Å². The largest absolute Gasteiger partial charge is 0.444 e. The summed E-state index contributed by atoms with van der Waals surface area (Å²) < 4.78 is 26.5. The van der Waals surface area contributed by atoms with Gasteiger partial charge in [-0.05, 0) is 51.1 Å². The standard InChI is InChI=1S/C25H30FN5O4/c1-25(2,3)35-24(33)29-21-15-19(26)4-5-20(21)28-23(32)18-14-17-6-7-31(22(17)27-16-18)9-8-30-10-12-34-13-11-30/h4-7,14-16H,8-13H2,1-3H3,(H,28,32)(H,29,33). The molecule has 0 aliphatic carbocycles. The number of rotatable bonds is 6. The Labute approximate surface area is 203 Å². The van der Waals surface area contributed by atoms with Crippen LogP contribution in [0, 0.1) is 5.82 Å². The molecule has 3 heterocycles. The van der Waals surface area contributed by atoms with Gasteiger partial charge in [-0.15, -0.1) is 0 Å². The third kappa shape index (κ3) is 6.55. The smallest absolute Gasteiger partial charge is 0.412 e. The van der Waals surface area contributed by atoms with Gasteiger partial charge >= 0.3 is 6.09 Å². The number of hydrogen-bond donors (Lipinski definition) is 2. The van der Waals surface area contributed by atoms with Crippen LogP contribution >= 0.6 is 0 Å². The van der Waals surface area contributed by atoms with Gasteiger partial charge in [0, 0.05) is 44.0 Å². The molecule has 1 aliphatic heterocycles. The zero-order valence-corrected chi connectivity index (χ0v) is 20.1. The SMILES string of the molecule is CC(C)(C)OC(=O)Nc1cc(F)ccc1NC(=O)c1cnc2c(ccn2CCN2CCOCC2)c1. The van der Waals surface area contributed by atoms with Crippen molar-refractivity contribution in [1.29, 1.82) is 0 Å². The van der Waals surface area contributed by atoms with E-state index in [1.54, 1.807) is 26.8 Å². The van der Waals surface area contributed by atoms with Crippen LogP contribution < -0.4 is 10.6 Å². The average molecular weight is 484 g/mol. The second-order valence-electron chi connectivity index (χ2n) is 9.37. The fourth-order valence-electron chi connectivity index (χ4n) is 3.79. The molecule has 0 saturated carbocycles. The van der Waals surface area contributed by atoms with Gasteiger partial charge in [0.15, 0.2) is 0 Å². The summed E-state index contributed by atoms with van der Waals surface area (Å²) in [6.45, 7) is 10.2. The molecule has 2 aromatic heterocycles. The molecule has 9 nitrogen and oxygen atoms in total. The number of nitrogens with zero attached hydrogens (tertiary/aromatic N) is 3. The Morgan fingerprint density at radius 3 is 2.60 bits per heavy atom. The highest BCUT2D eigenvalue weighted by molar-refractivity contribution is 6.08. The average Bonchev–Trinajstić information content (AvgIpc) is 3.21. The van der Waals surface area contributed by atoms with E-state index >= 15 is 0 Å². The normalized spacial score (nSPS) is 14.6. The molecule has 1 fully saturated rings. The fraction of sp³-hybridized carbons (Fsp3) is 0.400. The number of halogens is 1. The Morgan fingerprint density at radius 2 is 1.86 bits per heavy atom. The predicted octanol–water partition coefficient (Wildman–Crippen LogP) is 4.11. The van der Waals surface area contributed by atoms with Crippen LogP contribution in [0.25, 0.3) is 11.0 Å². The first kappa shape index (κ1) is 24.6. The number of aromatic nitrogens is 2. The predicted molar refractivity (Wildman–Crippen MR) is 131 cm³/mol. The molecule has 2 amide bonds. The van der Waals surface area contributed by atoms with Crippen LogP contribution in [0.5, 0.6) is 0 Å². The van der Waals surface area contributed by atoms with E-state index in [0.29, 0.717) is 5.56 Å². The maximum atomic E-state index is 13.8. The molecule has 0 radical (unpaired) electrons. The summed E-state index contributed by atoms with van der Waals surface area (Å²) >= 11 is 0. The topological polar surface area (TPSA) is 97.7 Å². The Kier molecular flexibility index (Phi) is 7.32. The summed E-state index contributed by atoms with van der Waals surface area (Å²) in [5, 5.41) is 6.05. The summed E-state index contributed by atoms with van der Waals surface area (Å²) in [6.07, 6.45) is 2.72. The summed E-state index contributed by atoms with van der Waals surface area (Å²) in [6, 6.07) is 7.38. The van der Waals surface area contributed by atoms with Gasteiger partial charge in [-0.25, -0.2) is 14.2 Å². The van der Waals surface area contributed by atoms with Crippen molar-refractivity contribution in [3.05, 3.63) is 54.1 Å². The minimum absolute atomic E-state index is 0.0934. The zero-order chi connectivity index (χ0) is 25.0. The maximum absolute atomic E-state index is 13.8. The Balaban J connectivity index is 1.45. The van der Waals surface area contributed by atoms with E-state index in [4.69, 9.17) is 9.47 Å². The van der Waals surface area contributed by atoms with E-state index in [1.165, 1.54) is 18.3 Å². The third-order valence-corrected chi connectivity index (χ3v) is 5.49. The second kappa shape index (κ2) is 10.4. The van der Waals surface area contributed by atoms with Crippen molar-refractivity contribution in [2.24, 2.45) is 0 Å². The number of pyridine rings is 1. The first-order valence-electron chi connectivity index (χ1n) is 11.5. The van der Waals surface area contributed by atoms with Crippen molar-refractivity contribution in [2.45, 2.75) is 32.9 Å². The Hall–Kier alpha value is -3.50. The number of fused-ring (bicyclic) bond motifs is 1. The van der Waals surface area contributed by atoms with Gasteiger partial charge in [0.2, 0.25) is 0 Å². The number of nitrogens with one attached hydrogen (secondary N) is 2. The maximum Gasteiger partial charge on any atom is 0.412 e. The van der Waals surface area contributed by atoms with E-state index in [0.717, 1.165) is 56.5 Å². The molecule has 0 bridgehead atoms. The van der Waals surface area contributed by atoms with Crippen molar-refractivity contribution >= 4 is 34.4 Å². The summed E-state index contributed by atoms with van der Waals surface area (Å²) in [7, 11) is 0. The van der Waals surface area contributed by atoms with E-state index in [1.807, 2.05) is 12.3 Å². The fourth-order valence-corrected chi connectivity index (χ4v) is 3.79. The van der Waals surface area contributed by atoms with E-state index in [2.05, 4.69) is 25.1 Å². The highest BCUT2D eigenvalue weighted by atomic mass is 19.1. The van der Waals surface area contributed by atoms with Crippen molar-refractivity contribution in [1.82, 2.24) is 14.5 Å². The number of hydrogen-bond acceptors (Lipinski definition) is 6. The number of ether oxygens (including phenoxy) is 2. The molecule has 0 atom stereocenters. The van der Waals surface area contributed by atoms with Gasteiger partial charge in [-0.1, -0.05) is 0 Å². The Bertz CT molecular complexity index is 1210. The molecule has 186 valence electrons. The molecule has 10 heteroatoms. The minimum atomic E-state index is -0.750. The lowest BCUT2D eigenvalue weighted by atomic mass is 10.2. The molecule has 2 N–H and O–H groups in total. The number of morpholine rings is 1. The van der Waals surface area contributed by atoms with Gasteiger partial charge in [-0.3, -0.25) is 15.0 Å². The number of anilines is 2. The minimum Gasteiger partial charge on any atom is -0.444 e. The first-order valence-corrected chi connectivity index (χ1v) is 11.5. The van der Waals surface area contributed by atoms with Gasteiger partial charge in [0.25, 0.3) is 5.91 Å². The van der Waals surface area contributed by atoms with Crippen molar-refractivity contribution in [3.8, 4) is 0 Å². The highest BCUT2D eigenvalue weighted by Crippen LogP contribution is 2.25. The van der Waals surface area contributed by atoms with Gasteiger partial charge in [0.05, 0.1) is 30.2 Å². The molecule has 0 spiro atoms. The molecule has 35 heavy (non-hydrogen) atoms. The van der Waals surface area contributed by atoms with Gasteiger partial charge < -0.3 is 19.4 Å². The van der Waals surface area contributed by atoms with E-state index < -0.39 is 23.4 Å². The lowest BCUT2D eigenvalue weighted by Crippen LogP contribution is -2.38. The van der Waals surface area contributed by atoms with Crippen LogP contribution in [0.2, 0.25) is 0 Å². The zero-order valence-electron chi connectivity index (χ0n) is 20.1. The van der Waals surface area contributed by atoms with E-state index in [-0.39, 0.29) is 11.4 Å².